The average molecular weight is 381 g/mol. The van der Waals surface area contributed by atoms with Crippen molar-refractivity contribution in [1.29, 1.82) is 0 Å². The maximum absolute atomic E-state index is 5.56. The molecular formula is C23H19N5O. The van der Waals surface area contributed by atoms with Gasteiger partial charge in [0.25, 0.3) is 0 Å². The number of nitrogens with one attached hydrogen (secondary N) is 1. The van der Waals surface area contributed by atoms with Crippen LogP contribution in [0.4, 0.5) is 5.95 Å². The molecule has 142 valence electrons. The zero-order valence-corrected chi connectivity index (χ0v) is 15.9. The van der Waals surface area contributed by atoms with E-state index < -0.39 is 0 Å². The molecular weight excluding hydrogens is 362 g/mol. The van der Waals surface area contributed by atoms with Gasteiger partial charge in [-0.2, -0.15) is 4.68 Å². The molecule has 0 aliphatic carbocycles. The molecule has 0 spiro atoms. The molecule has 4 aromatic rings. The van der Waals surface area contributed by atoms with E-state index in [1.807, 2.05) is 42.5 Å². The fourth-order valence-corrected chi connectivity index (χ4v) is 3.63. The van der Waals surface area contributed by atoms with Crippen molar-refractivity contribution in [2.24, 2.45) is 0 Å². The number of rotatable bonds is 4. The number of hydrogen-bond donors (Lipinski definition) is 1. The van der Waals surface area contributed by atoms with Gasteiger partial charge in [0.1, 0.15) is 11.8 Å². The van der Waals surface area contributed by atoms with E-state index in [9.17, 15) is 0 Å². The van der Waals surface area contributed by atoms with E-state index in [4.69, 9.17) is 4.74 Å². The number of allylic oxidation sites excluding steroid dienone is 1. The van der Waals surface area contributed by atoms with Gasteiger partial charge in [-0.1, -0.05) is 77.9 Å². The van der Waals surface area contributed by atoms with Crippen molar-refractivity contribution < 1.29 is 4.74 Å². The zero-order valence-electron chi connectivity index (χ0n) is 15.9. The average Bonchev–Trinajstić information content (AvgIpc) is 3.28. The molecule has 0 bridgehead atoms. The number of anilines is 1. The van der Waals surface area contributed by atoms with Gasteiger partial charge in [0.15, 0.2) is 0 Å². The number of aromatic nitrogens is 4. The lowest BCUT2D eigenvalue weighted by atomic mass is 9.99. The lowest BCUT2D eigenvalue weighted by molar-refractivity contribution is 0.403. The molecule has 29 heavy (non-hydrogen) atoms. The molecule has 1 aliphatic heterocycles. The first-order chi connectivity index (χ1) is 14.3. The summed E-state index contributed by atoms with van der Waals surface area (Å²) in [5.41, 5.74) is 5.41. The lowest BCUT2D eigenvalue weighted by Gasteiger charge is -2.24. The van der Waals surface area contributed by atoms with Crippen molar-refractivity contribution in [3.05, 3.63) is 96.1 Å². The first-order valence-corrected chi connectivity index (χ1v) is 9.39. The molecule has 6 heteroatoms. The Morgan fingerprint density at radius 2 is 1.52 bits per heavy atom. The summed E-state index contributed by atoms with van der Waals surface area (Å²) in [5, 5.41) is 15.5. The largest absolute Gasteiger partial charge is 0.496 e. The van der Waals surface area contributed by atoms with E-state index in [2.05, 4.69) is 63.3 Å². The van der Waals surface area contributed by atoms with E-state index in [0.29, 0.717) is 5.95 Å². The summed E-state index contributed by atoms with van der Waals surface area (Å²) in [5.74, 6) is 1.40. The van der Waals surface area contributed by atoms with Gasteiger partial charge in [0.05, 0.1) is 7.11 Å². The topological polar surface area (TPSA) is 64.9 Å². The van der Waals surface area contributed by atoms with Gasteiger partial charge in [0, 0.05) is 11.3 Å². The Bertz CT molecular complexity index is 1170. The zero-order chi connectivity index (χ0) is 19.6. The van der Waals surface area contributed by atoms with Crippen LogP contribution in [-0.2, 0) is 0 Å². The van der Waals surface area contributed by atoms with Gasteiger partial charge >= 0.3 is 0 Å². The van der Waals surface area contributed by atoms with E-state index >= 15 is 0 Å². The SMILES string of the molecule is COc1ccccc1[C@@H]1C=C(c2ccc(-c3ccccc3)cc2)Nc2nnnn21. The fraction of sp³-hybridized carbons (Fsp3) is 0.0870. The second-order valence-electron chi connectivity index (χ2n) is 6.78. The summed E-state index contributed by atoms with van der Waals surface area (Å²) in [7, 11) is 1.67. The number of ether oxygens (including phenoxy) is 1. The van der Waals surface area contributed by atoms with Crippen molar-refractivity contribution in [3.63, 3.8) is 0 Å². The highest BCUT2D eigenvalue weighted by Gasteiger charge is 2.26. The van der Waals surface area contributed by atoms with Crippen LogP contribution in [0.15, 0.2) is 84.9 Å². The standard InChI is InChI=1S/C23H19N5O/c1-29-22-10-6-5-9-19(22)21-15-20(24-23-25-26-27-28(21)23)18-13-11-17(12-14-18)16-7-3-2-4-8-16/h2-15,21H,1H3,(H,24,25,27)/t21-/m0/s1. The molecule has 6 nitrogen and oxygen atoms in total. The van der Waals surface area contributed by atoms with Gasteiger partial charge in [0.2, 0.25) is 5.95 Å². The molecule has 3 aromatic carbocycles. The number of fused-ring (bicyclic) bond motifs is 1. The molecule has 2 heterocycles. The van der Waals surface area contributed by atoms with Gasteiger partial charge < -0.3 is 10.1 Å². The maximum Gasteiger partial charge on any atom is 0.248 e. The van der Waals surface area contributed by atoms with E-state index in [1.54, 1.807) is 11.8 Å². The van der Waals surface area contributed by atoms with Crippen LogP contribution in [0.3, 0.4) is 0 Å². The third-order valence-electron chi connectivity index (χ3n) is 5.09. The summed E-state index contributed by atoms with van der Waals surface area (Å²) in [6.45, 7) is 0. The molecule has 1 aromatic heterocycles. The Morgan fingerprint density at radius 1 is 0.828 bits per heavy atom. The van der Waals surface area contributed by atoms with Gasteiger partial charge in [-0.25, -0.2) is 0 Å². The van der Waals surface area contributed by atoms with Gasteiger partial charge in [-0.15, -0.1) is 0 Å². The van der Waals surface area contributed by atoms with Crippen LogP contribution in [-0.4, -0.2) is 27.3 Å². The summed E-state index contributed by atoms with van der Waals surface area (Å²) in [6, 6.07) is 26.6. The molecule has 0 fully saturated rings. The number of para-hydroxylation sites is 1. The number of tetrazole rings is 1. The van der Waals surface area contributed by atoms with Gasteiger partial charge in [-0.05, 0) is 39.3 Å². The van der Waals surface area contributed by atoms with E-state index in [1.165, 1.54) is 11.1 Å². The molecule has 5 rings (SSSR count). The first-order valence-electron chi connectivity index (χ1n) is 9.39. The van der Waals surface area contributed by atoms with E-state index in [-0.39, 0.29) is 6.04 Å². The fourth-order valence-electron chi connectivity index (χ4n) is 3.63. The quantitative estimate of drug-likeness (QED) is 0.567. The van der Waals surface area contributed by atoms with Crippen molar-refractivity contribution in [2.75, 3.05) is 12.4 Å². The minimum atomic E-state index is -0.166. The molecule has 0 saturated carbocycles. The molecule has 0 radical (unpaired) electrons. The first kappa shape index (κ1) is 17.2. The Balaban J connectivity index is 1.54. The molecule has 0 amide bonds. The Kier molecular flexibility index (Phi) is 4.29. The van der Waals surface area contributed by atoms with Crippen LogP contribution < -0.4 is 10.1 Å². The van der Waals surface area contributed by atoms with Crippen LogP contribution in [0.2, 0.25) is 0 Å². The van der Waals surface area contributed by atoms with Crippen molar-refractivity contribution in [3.8, 4) is 16.9 Å². The Morgan fingerprint density at radius 3 is 2.31 bits per heavy atom. The summed E-state index contributed by atoms with van der Waals surface area (Å²) in [6.07, 6.45) is 2.12. The van der Waals surface area contributed by atoms with Crippen LogP contribution in [0.5, 0.6) is 5.75 Å². The predicted molar refractivity (Wildman–Crippen MR) is 112 cm³/mol. The Labute approximate surface area is 168 Å². The van der Waals surface area contributed by atoms with Crippen molar-refractivity contribution >= 4 is 11.6 Å². The second kappa shape index (κ2) is 7.24. The van der Waals surface area contributed by atoms with E-state index in [0.717, 1.165) is 22.6 Å². The third-order valence-corrected chi connectivity index (χ3v) is 5.09. The molecule has 0 unspecified atom stereocenters. The maximum atomic E-state index is 5.56. The molecule has 1 N–H and O–H groups in total. The molecule has 1 aliphatic rings. The highest BCUT2D eigenvalue weighted by molar-refractivity contribution is 5.78. The van der Waals surface area contributed by atoms with Crippen LogP contribution in [0.25, 0.3) is 16.8 Å². The number of methoxy groups -OCH3 is 1. The van der Waals surface area contributed by atoms with Crippen LogP contribution >= 0.6 is 0 Å². The predicted octanol–water partition coefficient (Wildman–Crippen LogP) is 4.40. The Hall–Kier alpha value is -3.93. The molecule has 0 saturated heterocycles. The minimum Gasteiger partial charge on any atom is -0.496 e. The highest BCUT2D eigenvalue weighted by Crippen LogP contribution is 2.35. The minimum absolute atomic E-state index is 0.166. The third kappa shape index (κ3) is 3.14. The number of nitrogens with zero attached hydrogens (tertiary/aromatic N) is 4. The lowest BCUT2D eigenvalue weighted by Crippen LogP contribution is -2.20. The summed E-state index contributed by atoms with van der Waals surface area (Å²) in [4.78, 5) is 0. The number of benzene rings is 3. The molecule has 1 atom stereocenters. The highest BCUT2D eigenvalue weighted by atomic mass is 16.5. The second-order valence-corrected chi connectivity index (χ2v) is 6.78. The van der Waals surface area contributed by atoms with Crippen molar-refractivity contribution in [2.45, 2.75) is 6.04 Å². The van der Waals surface area contributed by atoms with Gasteiger partial charge in [-0.3, -0.25) is 0 Å². The van der Waals surface area contributed by atoms with Crippen molar-refractivity contribution in [1.82, 2.24) is 20.2 Å². The van der Waals surface area contributed by atoms with Crippen LogP contribution in [0, 0.1) is 0 Å². The normalized spacial score (nSPS) is 15.2. The summed E-state index contributed by atoms with van der Waals surface area (Å²) >= 11 is 0. The monoisotopic (exact) mass is 381 g/mol. The smallest absolute Gasteiger partial charge is 0.248 e. The number of hydrogen-bond acceptors (Lipinski definition) is 5. The summed E-state index contributed by atoms with van der Waals surface area (Å²) < 4.78 is 7.33. The van der Waals surface area contributed by atoms with Crippen LogP contribution in [0.1, 0.15) is 17.2 Å².